The molecule has 0 aromatic heterocycles. The van der Waals surface area contributed by atoms with Crippen LogP contribution in [0.1, 0.15) is 45.4 Å². The number of halogens is 1. The van der Waals surface area contributed by atoms with Gasteiger partial charge in [-0.1, -0.05) is 43.4 Å². The van der Waals surface area contributed by atoms with Crippen LogP contribution < -0.4 is 5.32 Å². The summed E-state index contributed by atoms with van der Waals surface area (Å²) < 4.78 is 35.1. The lowest BCUT2D eigenvalue weighted by Crippen LogP contribution is -2.21. The Bertz CT molecular complexity index is 271. The molecule has 3 N–H and O–H groups in total. The zero-order valence-corrected chi connectivity index (χ0v) is 13.0. The largest absolute Gasteiger partial charge is 0.395 e. The van der Waals surface area contributed by atoms with E-state index in [0.29, 0.717) is 19.5 Å². The van der Waals surface area contributed by atoms with Crippen molar-refractivity contribution in [3.8, 4) is 0 Å². The van der Waals surface area contributed by atoms with Crippen LogP contribution in [-0.2, 0) is 14.5 Å². The monoisotopic (exact) mass is 317 g/mol. The highest BCUT2D eigenvalue weighted by atomic mass is 32.2. The van der Waals surface area contributed by atoms with Crippen molar-refractivity contribution in [2.75, 3.05) is 32.1 Å². The van der Waals surface area contributed by atoms with Gasteiger partial charge < -0.3 is 15.5 Å². The first-order valence-electron chi connectivity index (χ1n) is 6.99. The summed E-state index contributed by atoms with van der Waals surface area (Å²) in [5, 5.41) is 19.1. The molecule has 8 heteroatoms. The summed E-state index contributed by atoms with van der Waals surface area (Å²) in [5.74, 6) is -0.213. The molecule has 0 rings (SSSR count). The van der Waals surface area contributed by atoms with Gasteiger partial charge >= 0.3 is 0 Å². The van der Waals surface area contributed by atoms with Crippen LogP contribution in [0.2, 0.25) is 0 Å². The Labute approximate surface area is 121 Å². The third kappa shape index (κ3) is 20.0. The molecule has 20 heavy (non-hydrogen) atoms. The van der Waals surface area contributed by atoms with Crippen LogP contribution in [0, 0.1) is 0 Å². The van der Waals surface area contributed by atoms with Crippen LogP contribution in [0.3, 0.4) is 0 Å². The first kappa shape index (κ1) is 22.0. The van der Waals surface area contributed by atoms with Crippen LogP contribution in [0.4, 0.5) is 4.53 Å². The maximum absolute atomic E-state index is 11.3. The highest BCUT2D eigenvalue weighted by Crippen LogP contribution is 2.07. The highest BCUT2D eigenvalue weighted by molar-refractivity contribution is 7.86. The second-order valence-corrected chi connectivity index (χ2v) is 5.94. The Morgan fingerprint density at radius 3 is 1.95 bits per heavy atom. The average Bonchev–Trinajstić information content (AvgIpc) is 2.44. The molecule has 0 spiro atoms. The van der Waals surface area contributed by atoms with Crippen molar-refractivity contribution in [1.29, 1.82) is 0 Å². The van der Waals surface area contributed by atoms with Crippen LogP contribution in [-0.4, -0.2) is 50.7 Å². The number of nitrogens with one attached hydrogen (secondary N) is 1. The molecular weight excluding hydrogens is 289 g/mol. The summed E-state index contributed by atoms with van der Waals surface area (Å²) in [6, 6.07) is 0. The Hall–Kier alpha value is -0.280. The molecule has 0 radical (unpaired) electrons. The topological polar surface area (TPSA) is 95.9 Å². The minimum atomic E-state index is -3.88. The van der Waals surface area contributed by atoms with Crippen LogP contribution in [0.15, 0.2) is 0 Å². The van der Waals surface area contributed by atoms with E-state index in [-0.39, 0.29) is 19.0 Å². The first-order valence-corrected chi connectivity index (χ1v) is 8.57. The number of rotatable bonds is 12. The van der Waals surface area contributed by atoms with Gasteiger partial charge in [-0.3, -0.25) is 0 Å². The molecule has 0 heterocycles. The van der Waals surface area contributed by atoms with Gasteiger partial charge in [0.05, 0.1) is 19.0 Å². The lowest BCUT2D eigenvalue weighted by Gasteiger charge is -1.99. The third-order valence-corrected chi connectivity index (χ3v) is 3.40. The van der Waals surface area contributed by atoms with Crippen LogP contribution >= 0.6 is 0 Å². The van der Waals surface area contributed by atoms with E-state index in [2.05, 4.69) is 16.6 Å². The molecule has 0 fully saturated rings. The van der Waals surface area contributed by atoms with E-state index in [1.54, 1.807) is 0 Å². The smallest absolute Gasteiger partial charge is 0.297 e. The fraction of sp³-hybridized carbons (Fsp3) is 1.00. The first-order chi connectivity index (χ1) is 9.54. The Balaban J connectivity index is 0. The van der Waals surface area contributed by atoms with Gasteiger partial charge in [-0.25, -0.2) is 0 Å². The number of hydrogen-bond donors (Lipinski definition) is 3. The standard InChI is InChI=1S/C8H17FO3S.C4H11NO2/c1-2-3-4-5-6-7-8-13(10,11)12-9;6-3-1-5-2-4-7/h2-8H2,1H3;5-7H,1-4H2. The van der Waals surface area contributed by atoms with Crippen molar-refractivity contribution in [2.24, 2.45) is 0 Å². The fourth-order valence-corrected chi connectivity index (χ4v) is 1.99. The molecule has 0 atom stereocenters. The summed E-state index contributed by atoms with van der Waals surface area (Å²) in [6.45, 7) is 3.53. The molecule has 0 aromatic carbocycles. The average molecular weight is 317 g/mol. The molecule has 0 unspecified atom stereocenters. The fourth-order valence-electron chi connectivity index (χ4n) is 1.37. The van der Waals surface area contributed by atoms with Gasteiger partial charge in [0.2, 0.25) is 0 Å². The Morgan fingerprint density at radius 1 is 1.00 bits per heavy atom. The van der Waals surface area contributed by atoms with E-state index in [1.807, 2.05) is 0 Å². The van der Waals surface area contributed by atoms with E-state index >= 15 is 0 Å². The molecule has 0 bridgehead atoms. The van der Waals surface area contributed by atoms with Gasteiger partial charge in [-0.05, 0) is 10.9 Å². The van der Waals surface area contributed by atoms with Gasteiger partial charge in [0.25, 0.3) is 10.1 Å². The lowest BCUT2D eigenvalue weighted by atomic mass is 10.1. The molecule has 0 aliphatic heterocycles. The maximum atomic E-state index is 11.3. The van der Waals surface area contributed by atoms with Crippen LogP contribution in [0.5, 0.6) is 0 Å². The van der Waals surface area contributed by atoms with Crippen molar-refractivity contribution in [3.05, 3.63) is 0 Å². The molecule has 124 valence electrons. The number of aliphatic hydroxyl groups excluding tert-OH is 2. The van der Waals surface area contributed by atoms with Crippen molar-refractivity contribution < 1.29 is 27.5 Å². The highest BCUT2D eigenvalue weighted by Gasteiger charge is 2.09. The number of aliphatic hydroxyl groups is 2. The van der Waals surface area contributed by atoms with Gasteiger partial charge in [-0.15, -0.1) is 0 Å². The quantitative estimate of drug-likeness (QED) is 0.467. The zero-order valence-electron chi connectivity index (χ0n) is 12.2. The van der Waals surface area contributed by atoms with Crippen molar-refractivity contribution >= 4 is 10.1 Å². The summed E-state index contributed by atoms with van der Waals surface area (Å²) in [6.07, 6.45) is 5.76. The predicted molar refractivity (Wildman–Crippen MR) is 76.4 cm³/mol. The van der Waals surface area contributed by atoms with E-state index in [9.17, 15) is 12.9 Å². The van der Waals surface area contributed by atoms with Gasteiger partial charge in [0, 0.05) is 13.1 Å². The van der Waals surface area contributed by atoms with E-state index in [1.165, 1.54) is 6.42 Å². The van der Waals surface area contributed by atoms with Crippen molar-refractivity contribution in [2.45, 2.75) is 45.4 Å². The van der Waals surface area contributed by atoms with E-state index in [4.69, 9.17) is 10.2 Å². The molecule has 0 aromatic rings. The van der Waals surface area contributed by atoms with E-state index < -0.39 is 10.1 Å². The van der Waals surface area contributed by atoms with Gasteiger partial charge in [0.1, 0.15) is 0 Å². The normalized spacial score (nSPS) is 11.0. The predicted octanol–water partition coefficient (Wildman–Crippen LogP) is 1.14. The van der Waals surface area contributed by atoms with E-state index in [0.717, 1.165) is 25.7 Å². The second kappa shape index (κ2) is 16.8. The zero-order chi connectivity index (χ0) is 15.7. The van der Waals surface area contributed by atoms with Gasteiger partial charge in [0.15, 0.2) is 0 Å². The summed E-state index contributed by atoms with van der Waals surface area (Å²) >= 11 is 0. The van der Waals surface area contributed by atoms with Crippen molar-refractivity contribution in [3.63, 3.8) is 0 Å². The Kier molecular flexibility index (Phi) is 18.5. The molecular formula is C12H28FNO5S. The second-order valence-electron chi connectivity index (χ2n) is 4.29. The molecule has 0 amide bonds. The van der Waals surface area contributed by atoms with Crippen molar-refractivity contribution in [1.82, 2.24) is 5.32 Å². The SMILES string of the molecule is CCCCCCCCS(=O)(=O)OF.OCCNCCO. The molecule has 0 aliphatic carbocycles. The van der Waals surface area contributed by atoms with Gasteiger partial charge in [-0.2, -0.15) is 8.42 Å². The third-order valence-electron chi connectivity index (χ3n) is 2.42. The molecule has 0 saturated carbocycles. The molecule has 0 aliphatic rings. The molecule has 0 saturated heterocycles. The summed E-state index contributed by atoms with van der Waals surface area (Å²) in [7, 11) is -3.88. The maximum Gasteiger partial charge on any atom is 0.297 e. The Morgan fingerprint density at radius 2 is 1.50 bits per heavy atom. The minimum Gasteiger partial charge on any atom is -0.395 e. The molecule has 6 nitrogen and oxygen atoms in total. The lowest BCUT2D eigenvalue weighted by molar-refractivity contribution is 0.00288. The van der Waals surface area contributed by atoms with Crippen LogP contribution in [0.25, 0.3) is 0 Å². The minimum absolute atomic E-state index is 0.139. The summed E-state index contributed by atoms with van der Waals surface area (Å²) in [5.41, 5.74) is 0. The number of hydrogen-bond acceptors (Lipinski definition) is 6. The summed E-state index contributed by atoms with van der Waals surface area (Å²) in [4.78, 5) is 0. The number of unbranched alkanes of at least 4 members (excludes halogenated alkanes) is 5.